The molecule has 0 radical (unpaired) electrons. The maximum absolute atomic E-state index is 12.9. The molecule has 130 valence electrons. The molecular weight excluding hydrogens is 314 g/mol. The lowest BCUT2D eigenvalue weighted by Gasteiger charge is -2.29. The van der Waals surface area contributed by atoms with E-state index in [1.54, 1.807) is 0 Å². The van der Waals surface area contributed by atoms with Crippen LogP contribution in [0.1, 0.15) is 24.1 Å². The van der Waals surface area contributed by atoms with Gasteiger partial charge in [-0.3, -0.25) is 9.59 Å². The van der Waals surface area contributed by atoms with E-state index in [1.165, 1.54) is 5.56 Å². The van der Waals surface area contributed by atoms with E-state index < -0.39 is 6.04 Å². The van der Waals surface area contributed by atoms with Crippen molar-refractivity contribution < 1.29 is 9.59 Å². The summed E-state index contributed by atoms with van der Waals surface area (Å²) in [7, 11) is 0. The molecule has 2 N–H and O–H groups in total. The van der Waals surface area contributed by atoms with Crippen molar-refractivity contribution in [2.24, 2.45) is 0 Å². The monoisotopic (exact) mass is 337 g/mol. The molecule has 0 bridgehead atoms. The van der Waals surface area contributed by atoms with Crippen LogP contribution < -0.4 is 15.5 Å². The Morgan fingerprint density at radius 1 is 1.04 bits per heavy atom. The van der Waals surface area contributed by atoms with Crippen molar-refractivity contribution in [1.82, 2.24) is 10.6 Å². The minimum absolute atomic E-state index is 0.00844. The van der Waals surface area contributed by atoms with E-state index in [0.29, 0.717) is 6.54 Å². The van der Waals surface area contributed by atoms with Gasteiger partial charge in [0, 0.05) is 18.8 Å². The summed E-state index contributed by atoms with van der Waals surface area (Å²) in [6, 6.07) is 17.4. The summed E-state index contributed by atoms with van der Waals surface area (Å²) >= 11 is 0. The molecule has 5 nitrogen and oxygen atoms in total. The number of benzene rings is 2. The van der Waals surface area contributed by atoms with Crippen LogP contribution >= 0.6 is 0 Å². The minimum Gasteiger partial charge on any atom is -0.355 e. The van der Waals surface area contributed by atoms with E-state index in [-0.39, 0.29) is 18.4 Å². The molecule has 0 aliphatic carbocycles. The third kappa shape index (κ3) is 3.82. The summed E-state index contributed by atoms with van der Waals surface area (Å²) in [6.45, 7) is 3.18. The van der Waals surface area contributed by atoms with Crippen molar-refractivity contribution in [2.45, 2.75) is 19.4 Å². The summed E-state index contributed by atoms with van der Waals surface area (Å²) in [6.07, 6.45) is 0.920. The number of rotatable bonds is 6. The van der Waals surface area contributed by atoms with Crippen molar-refractivity contribution in [1.29, 1.82) is 0 Å². The summed E-state index contributed by atoms with van der Waals surface area (Å²) < 4.78 is 0. The number of hydrogen-bond acceptors (Lipinski definition) is 3. The molecule has 1 atom stereocenters. The molecule has 0 saturated carbocycles. The molecule has 0 fully saturated rings. The minimum atomic E-state index is -0.445. The molecule has 3 rings (SSSR count). The highest BCUT2D eigenvalue weighted by molar-refractivity contribution is 5.90. The Hall–Kier alpha value is -2.82. The van der Waals surface area contributed by atoms with Crippen LogP contribution in [0, 0.1) is 0 Å². The SMILES string of the molecule is CCNC(=O)CNC(=O)C(c1ccccc1)N1CCc2ccccc21. The molecule has 0 aromatic heterocycles. The number of para-hydroxylation sites is 1. The third-order valence-corrected chi connectivity index (χ3v) is 4.40. The zero-order valence-electron chi connectivity index (χ0n) is 14.4. The molecule has 1 unspecified atom stereocenters. The number of nitrogens with one attached hydrogen (secondary N) is 2. The van der Waals surface area contributed by atoms with Crippen LogP contribution in [0.2, 0.25) is 0 Å². The fraction of sp³-hybridized carbons (Fsp3) is 0.300. The normalized spacial score (nSPS) is 13.9. The molecule has 1 aliphatic heterocycles. The molecule has 2 aromatic rings. The zero-order chi connectivity index (χ0) is 17.6. The number of carbonyl (C=O) groups excluding carboxylic acids is 2. The molecule has 5 heteroatoms. The standard InChI is InChI=1S/C20H23N3O2/c1-2-21-18(24)14-22-20(25)19(16-9-4-3-5-10-16)23-13-12-15-8-6-7-11-17(15)23/h3-11,19H,2,12-14H2,1H3,(H,21,24)(H,22,25). The fourth-order valence-electron chi connectivity index (χ4n) is 3.26. The smallest absolute Gasteiger partial charge is 0.247 e. The Bertz CT molecular complexity index is 746. The average molecular weight is 337 g/mol. The Morgan fingerprint density at radius 2 is 1.76 bits per heavy atom. The largest absolute Gasteiger partial charge is 0.355 e. The topological polar surface area (TPSA) is 61.4 Å². The van der Waals surface area contributed by atoms with E-state index in [1.807, 2.05) is 49.4 Å². The molecule has 1 aliphatic rings. The van der Waals surface area contributed by atoms with E-state index >= 15 is 0 Å². The fourth-order valence-corrected chi connectivity index (χ4v) is 3.26. The van der Waals surface area contributed by atoms with Gasteiger partial charge in [0.2, 0.25) is 11.8 Å². The number of nitrogens with zero attached hydrogens (tertiary/aromatic N) is 1. The highest BCUT2D eigenvalue weighted by Gasteiger charge is 2.32. The van der Waals surface area contributed by atoms with E-state index in [4.69, 9.17) is 0 Å². The lowest BCUT2D eigenvalue weighted by Crippen LogP contribution is -2.44. The van der Waals surface area contributed by atoms with Gasteiger partial charge in [-0.15, -0.1) is 0 Å². The molecule has 0 spiro atoms. The first-order valence-corrected chi connectivity index (χ1v) is 8.64. The maximum Gasteiger partial charge on any atom is 0.247 e. The van der Waals surface area contributed by atoms with Crippen molar-refractivity contribution in [2.75, 3.05) is 24.5 Å². The van der Waals surface area contributed by atoms with Crippen molar-refractivity contribution >= 4 is 17.5 Å². The van der Waals surface area contributed by atoms with E-state index in [2.05, 4.69) is 27.7 Å². The Kier molecular flexibility index (Phi) is 5.33. The zero-order valence-corrected chi connectivity index (χ0v) is 14.4. The number of hydrogen-bond donors (Lipinski definition) is 2. The van der Waals surface area contributed by atoms with Gasteiger partial charge in [-0.25, -0.2) is 0 Å². The van der Waals surface area contributed by atoms with Crippen molar-refractivity contribution in [3.05, 3.63) is 65.7 Å². The first-order valence-electron chi connectivity index (χ1n) is 8.64. The summed E-state index contributed by atoms with van der Waals surface area (Å²) in [4.78, 5) is 26.7. The maximum atomic E-state index is 12.9. The Morgan fingerprint density at radius 3 is 2.52 bits per heavy atom. The van der Waals surface area contributed by atoms with Gasteiger partial charge < -0.3 is 15.5 Å². The van der Waals surface area contributed by atoms with E-state index in [9.17, 15) is 9.59 Å². The van der Waals surface area contributed by atoms with Crippen LogP contribution in [-0.2, 0) is 16.0 Å². The van der Waals surface area contributed by atoms with Gasteiger partial charge in [-0.1, -0.05) is 48.5 Å². The summed E-state index contributed by atoms with van der Waals surface area (Å²) in [5.74, 6) is -0.335. The van der Waals surface area contributed by atoms with Gasteiger partial charge in [-0.2, -0.15) is 0 Å². The molecule has 2 aromatic carbocycles. The van der Waals surface area contributed by atoms with E-state index in [0.717, 1.165) is 24.2 Å². The van der Waals surface area contributed by atoms with Gasteiger partial charge in [0.15, 0.2) is 0 Å². The first kappa shape index (κ1) is 17.0. The van der Waals surface area contributed by atoms with Gasteiger partial charge >= 0.3 is 0 Å². The first-order chi connectivity index (χ1) is 12.2. The van der Waals surface area contributed by atoms with Crippen LogP contribution in [0.15, 0.2) is 54.6 Å². The second-order valence-corrected chi connectivity index (χ2v) is 6.06. The predicted octanol–water partition coefficient (Wildman–Crippen LogP) is 2.04. The number of amides is 2. The quantitative estimate of drug-likeness (QED) is 0.848. The van der Waals surface area contributed by atoms with Gasteiger partial charge in [0.1, 0.15) is 6.04 Å². The van der Waals surface area contributed by atoms with Gasteiger partial charge in [0.05, 0.1) is 6.54 Å². The third-order valence-electron chi connectivity index (χ3n) is 4.40. The lowest BCUT2D eigenvalue weighted by atomic mass is 10.0. The Balaban J connectivity index is 1.84. The van der Waals surface area contributed by atoms with Crippen LogP contribution in [0.4, 0.5) is 5.69 Å². The predicted molar refractivity (Wildman–Crippen MR) is 98.4 cm³/mol. The number of anilines is 1. The Labute approximate surface area is 148 Å². The van der Waals surface area contributed by atoms with Crippen LogP contribution in [-0.4, -0.2) is 31.4 Å². The molecular formula is C20H23N3O2. The lowest BCUT2D eigenvalue weighted by molar-refractivity contribution is -0.126. The summed E-state index contributed by atoms with van der Waals surface area (Å²) in [5.41, 5.74) is 3.26. The highest BCUT2D eigenvalue weighted by Crippen LogP contribution is 2.35. The van der Waals surface area contributed by atoms with Crippen molar-refractivity contribution in [3.8, 4) is 0 Å². The summed E-state index contributed by atoms with van der Waals surface area (Å²) in [5, 5.41) is 5.48. The van der Waals surface area contributed by atoms with Crippen LogP contribution in [0.25, 0.3) is 0 Å². The van der Waals surface area contributed by atoms with Gasteiger partial charge in [-0.05, 0) is 30.5 Å². The van der Waals surface area contributed by atoms with Crippen molar-refractivity contribution in [3.63, 3.8) is 0 Å². The molecule has 0 saturated heterocycles. The van der Waals surface area contributed by atoms with Crippen LogP contribution in [0.3, 0.4) is 0 Å². The number of likely N-dealkylation sites (N-methyl/N-ethyl adjacent to an activating group) is 1. The average Bonchev–Trinajstić information content (AvgIpc) is 3.05. The molecule has 25 heavy (non-hydrogen) atoms. The van der Waals surface area contributed by atoms with Gasteiger partial charge in [0.25, 0.3) is 0 Å². The molecule has 1 heterocycles. The number of carbonyl (C=O) groups is 2. The second kappa shape index (κ2) is 7.83. The molecule has 2 amide bonds. The van der Waals surface area contributed by atoms with Crippen LogP contribution in [0.5, 0.6) is 0 Å². The highest BCUT2D eigenvalue weighted by atomic mass is 16.2. The second-order valence-electron chi connectivity index (χ2n) is 6.06. The number of fused-ring (bicyclic) bond motifs is 1.